The third kappa shape index (κ3) is 9.03. The van der Waals surface area contributed by atoms with Gasteiger partial charge in [-0.25, -0.2) is 9.69 Å². The summed E-state index contributed by atoms with van der Waals surface area (Å²) in [6.07, 6.45) is 1.47. The zero-order valence-corrected chi connectivity index (χ0v) is 26.8. The van der Waals surface area contributed by atoms with Crippen molar-refractivity contribution in [3.05, 3.63) is 82.4 Å². The van der Waals surface area contributed by atoms with Crippen molar-refractivity contribution in [2.45, 2.75) is 52.4 Å². The number of likely N-dealkylation sites (tertiary alicyclic amines) is 1. The molecular formula is C34H41ClN2O7. The summed E-state index contributed by atoms with van der Waals surface area (Å²) in [5.41, 5.74) is 1.10. The molecule has 4 rings (SSSR count). The molecule has 0 bridgehead atoms. The van der Waals surface area contributed by atoms with Crippen molar-refractivity contribution in [3.63, 3.8) is 0 Å². The van der Waals surface area contributed by atoms with Gasteiger partial charge in [0.2, 0.25) is 0 Å². The van der Waals surface area contributed by atoms with Gasteiger partial charge < -0.3 is 28.6 Å². The third-order valence-electron chi connectivity index (χ3n) is 7.08. The van der Waals surface area contributed by atoms with E-state index in [9.17, 15) is 9.59 Å². The average Bonchev–Trinajstić information content (AvgIpc) is 3.53. The fourth-order valence-electron chi connectivity index (χ4n) is 4.70. The van der Waals surface area contributed by atoms with E-state index in [1.807, 2.05) is 48.5 Å². The number of nitrogens with zero attached hydrogens (tertiary/aromatic N) is 2. The molecule has 0 aromatic heterocycles. The maximum Gasteiger partial charge on any atom is 0.417 e. The maximum absolute atomic E-state index is 13.9. The molecule has 1 aliphatic rings. The van der Waals surface area contributed by atoms with Crippen LogP contribution >= 0.6 is 11.6 Å². The second-order valence-corrected chi connectivity index (χ2v) is 11.9. The molecule has 0 spiro atoms. The van der Waals surface area contributed by atoms with Crippen molar-refractivity contribution in [2.24, 2.45) is 0 Å². The van der Waals surface area contributed by atoms with Crippen LogP contribution in [0.2, 0.25) is 5.02 Å². The van der Waals surface area contributed by atoms with Crippen LogP contribution in [0.3, 0.4) is 0 Å². The summed E-state index contributed by atoms with van der Waals surface area (Å²) in [5, 5.41) is 0.0467. The Bertz CT molecular complexity index is 1400. The van der Waals surface area contributed by atoms with Crippen molar-refractivity contribution < 1.29 is 33.3 Å². The smallest absolute Gasteiger partial charge is 0.417 e. The van der Waals surface area contributed by atoms with Crippen LogP contribution in [-0.4, -0.2) is 67.8 Å². The monoisotopic (exact) mass is 624 g/mol. The highest BCUT2D eigenvalue weighted by Crippen LogP contribution is 2.39. The Morgan fingerprint density at radius 1 is 0.818 bits per heavy atom. The van der Waals surface area contributed by atoms with Crippen LogP contribution in [-0.2, 0) is 18.0 Å². The Hall–Kier alpha value is -3.95. The first-order valence-electron chi connectivity index (χ1n) is 14.7. The van der Waals surface area contributed by atoms with E-state index in [-0.39, 0.29) is 36.1 Å². The minimum atomic E-state index is -0.779. The quantitative estimate of drug-likeness (QED) is 0.213. The Labute approximate surface area is 264 Å². The lowest BCUT2D eigenvalue weighted by atomic mass is 10.1. The molecular weight excluding hydrogens is 584 g/mol. The zero-order chi connectivity index (χ0) is 31.7. The van der Waals surface area contributed by atoms with E-state index in [2.05, 4.69) is 4.90 Å². The molecule has 236 valence electrons. The number of hydrogen-bond donors (Lipinski definition) is 0. The topological polar surface area (TPSA) is 86.8 Å². The van der Waals surface area contributed by atoms with Crippen molar-refractivity contribution >= 4 is 23.6 Å². The molecule has 0 N–H and O–H groups in total. The van der Waals surface area contributed by atoms with E-state index >= 15 is 0 Å². The number of carbonyl (C=O) groups is 2. The predicted molar refractivity (Wildman–Crippen MR) is 169 cm³/mol. The summed E-state index contributed by atoms with van der Waals surface area (Å²) in [6.45, 7) is 8.26. The van der Waals surface area contributed by atoms with Gasteiger partial charge in [-0.3, -0.25) is 4.79 Å². The molecule has 0 radical (unpaired) electrons. The molecule has 1 heterocycles. The standard InChI is InChI=1S/C34H41ClN2O7/c1-34(2,3)44-33(39)37(21-20-36-18-6-7-19-36)32(38)28-16-17-29(42-22-24-8-12-26(40-4)13-9-24)31(30(28)35)43-23-25-10-14-27(41-5)15-11-25/h8-17H,6-7,18-23H2,1-5H3. The fraction of sp³-hybridized carbons (Fsp3) is 0.412. The molecule has 0 atom stereocenters. The second-order valence-electron chi connectivity index (χ2n) is 11.5. The van der Waals surface area contributed by atoms with E-state index in [0.29, 0.717) is 12.3 Å². The molecule has 0 saturated carbocycles. The van der Waals surface area contributed by atoms with Gasteiger partial charge in [-0.15, -0.1) is 0 Å². The second kappa shape index (κ2) is 15.2. The zero-order valence-electron chi connectivity index (χ0n) is 26.1. The summed E-state index contributed by atoms with van der Waals surface area (Å²) in [6, 6.07) is 18.1. The lowest BCUT2D eigenvalue weighted by molar-refractivity contribution is 0.0229. The van der Waals surface area contributed by atoms with Crippen LogP contribution in [0.1, 0.15) is 55.1 Å². The highest BCUT2D eigenvalue weighted by atomic mass is 35.5. The SMILES string of the molecule is COc1ccc(COc2ccc(C(=O)N(CCN3CCCC3)C(=O)OC(C)(C)C)c(Cl)c2OCc2ccc(OC)cc2)cc1. The average molecular weight is 625 g/mol. The van der Waals surface area contributed by atoms with Crippen molar-refractivity contribution in [1.29, 1.82) is 0 Å². The van der Waals surface area contributed by atoms with Crippen LogP contribution in [0.5, 0.6) is 23.0 Å². The first-order valence-corrected chi connectivity index (χ1v) is 15.1. The van der Waals surface area contributed by atoms with Gasteiger partial charge in [0.25, 0.3) is 5.91 Å². The molecule has 3 aromatic carbocycles. The molecule has 1 aliphatic heterocycles. The van der Waals surface area contributed by atoms with Crippen LogP contribution in [0.4, 0.5) is 4.79 Å². The summed E-state index contributed by atoms with van der Waals surface area (Å²) >= 11 is 6.90. The van der Waals surface area contributed by atoms with Crippen molar-refractivity contribution in [2.75, 3.05) is 40.4 Å². The molecule has 44 heavy (non-hydrogen) atoms. The summed E-state index contributed by atoms with van der Waals surface area (Å²) in [4.78, 5) is 30.6. The molecule has 1 saturated heterocycles. The fourth-order valence-corrected chi connectivity index (χ4v) is 4.99. The normalized spacial score (nSPS) is 13.3. The van der Waals surface area contributed by atoms with Gasteiger partial charge >= 0.3 is 6.09 Å². The van der Waals surface area contributed by atoms with Gasteiger partial charge in [0.05, 0.1) is 24.8 Å². The van der Waals surface area contributed by atoms with Gasteiger partial charge in [0.1, 0.15) is 30.3 Å². The molecule has 3 aromatic rings. The van der Waals surface area contributed by atoms with Crippen molar-refractivity contribution in [1.82, 2.24) is 9.80 Å². The minimum absolute atomic E-state index is 0.0467. The number of halogens is 1. The van der Waals surface area contributed by atoms with Gasteiger partial charge in [-0.2, -0.15) is 0 Å². The van der Waals surface area contributed by atoms with E-state index < -0.39 is 17.6 Å². The molecule has 9 nitrogen and oxygen atoms in total. The number of hydrogen-bond acceptors (Lipinski definition) is 8. The lowest BCUT2D eigenvalue weighted by Crippen LogP contribution is -2.44. The van der Waals surface area contributed by atoms with E-state index in [4.69, 9.17) is 35.3 Å². The van der Waals surface area contributed by atoms with Gasteiger partial charge in [-0.1, -0.05) is 35.9 Å². The number of methoxy groups -OCH3 is 2. The Morgan fingerprint density at radius 3 is 1.89 bits per heavy atom. The van der Waals surface area contributed by atoms with E-state index in [0.717, 1.165) is 53.5 Å². The van der Waals surface area contributed by atoms with Crippen LogP contribution < -0.4 is 18.9 Å². The summed E-state index contributed by atoms with van der Waals surface area (Å²) < 4.78 is 28.4. The third-order valence-corrected chi connectivity index (χ3v) is 7.46. The number of rotatable bonds is 12. The molecule has 0 unspecified atom stereocenters. The van der Waals surface area contributed by atoms with Gasteiger partial charge in [0, 0.05) is 13.1 Å². The van der Waals surface area contributed by atoms with Crippen LogP contribution in [0, 0.1) is 0 Å². The Morgan fingerprint density at radius 2 is 1.36 bits per heavy atom. The lowest BCUT2D eigenvalue weighted by Gasteiger charge is -2.28. The molecule has 2 amide bonds. The first-order chi connectivity index (χ1) is 21.1. The van der Waals surface area contributed by atoms with E-state index in [1.165, 1.54) is 0 Å². The number of amides is 2. The predicted octanol–water partition coefficient (Wildman–Crippen LogP) is 6.99. The number of carbonyl (C=O) groups excluding carboxylic acids is 2. The minimum Gasteiger partial charge on any atom is -0.497 e. The number of ether oxygens (including phenoxy) is 5. The molecule has 10 heteroatoms. The van der Waals surface area contributed by atoms with Gasteiger partial charge in [-0.05, 0) is 94.2 Å². The van der Waals surface area contributed by atoms with Crippen molar-refractivity contribution in [3.8, 4) is 23.0 Å². The number of imide groups is 1. The Kier molecular flexibility index (Phi) is 11.4. The highest BCUT2D eigenvalue weighted by molar-refractivity contribution is 6.35. The maximum atomic E-state index is 13.9. The molecule has 0 aliphatic carbocycles. The number of benzene rings is 3. The van der Waals surface area contributed by atoms with Gasteiger partial charge in [0.15, 0.2) is 11.5 Å². The molecule has 1 fully saturated rings. The highest BCUT2D eigenvalue weighted by Gasteiger charge is 2.31. The summed E-state index contributed by atoms with van der Waals surface area (Å²) in [7, 11) is 3.21. The largest absolute Gasteiger partial charge is 0.497 e. The first kappa shape index (κ1) is 33.0. The summed E-state index contributed by atoms with van der Waals surface area (Å²) in [5.74, 6) is 1.45. The van der Waals surface area contributed by atoms with E-state index in [1.54, 1.807) is 47.1 Å². The van der Waals surface area contributed by atoms with Crippen LogP contribution in [0.15, 0.2) is 60.7 Å². The Balaban J connectivity index is 1.62. The van der Waals surface area contributed by atoms with Crippen LogP contribution in [0.25, 0.3) is 0 Å².